The molecule has 0 bridgehead atoms. The van der Waals surface area contributed by atoms with Gasteiger partial charge in [-0.05, 0) is 12.1 Å². The van der Waals surface area contributed by atoms with Gasteiger partial charge in [0.25, 0.3) is 0 Å². The lowest BCUT2D eigenvalue weighted by Gasteiger charge is -2.05. The van der Waals surface area contributed by atoms with Gasteiger partial charge in [0, 0.05) is 0 Å². The standard InChI is InChI=1S/C11H10O6/c1-16-9(12)6-17-11(15)8-5-3-2-4-7(8)10(13)14/h2-5H,6H2,1H3,(H,13,14). The molecule has 0 radical (unpaired) electrons. The molecule has 1 aromatic rings. The van der Waals surface area contributed by atoms with Gasteiger partial charge in [-0.25, -0.2) is 14.4 Å². The van der Waals surface area contributed by atoms with Gasteiger partial charge in [0.2, 0.25) is 0 Å². The van der Waals surface area contributed by atoms with E-state index in [1.165, 1.54) is 24.3 Å². The van der Waals surface area contributed by atoms with Gasteiger partial charge in [0.05, 0.1) is 18.2 Å². The van der Waals surface area contributed by atoms with Crippen molar-refractivity contribution in [3.05, 3.63) is 35.4 Å². The SMILES string of the molecule is COC(=O)COC(=O)c1ccccc1C(=O)O. The summed E-state index contributed by atoms with van der Waals surface area (Å²) in [5, 5.41) is 8.84. The minimum absolute atomic E-state index is 0.107. The number of hydrogen-bond donors (Lipinski definition) is 1. The summed E-state index contributed by atoms with van der Waals surface area (Å²) in [5.41, 5.74) is -0.286. The fraction of sp³-hybridized carbons (Fsp3) is 0.182. The molecule has 0 unspecified atom stereocenters. The fourth-order valence-electron chi connectivity index (χ4n) is 1.11. The molecule has 0 amide bonds. The average molecular weight is 238 g/mol. The first-order valence-electron chi connectivity index (χ1n) is 4.62. The smallest absolute Gasteiger partial charge is 0.344 e. The van der Waals surface area contributed by atoms with Crippen LogP contribution >= 0.6 is 0 Å². The van der Waals surface area contributed by atoms with Gasteiger partial charge < -0.3 is 14.6 Å². The molecule has 6 heteroatoms. The number of carbonyl (C=O) groups excluding carboxylic acids is 2. The minimum Gasteiger partial charge on any atom is -0.478 e. The Morgan fingerprint density at radius 3 is 2.29 bits per heavy atom. The van der Waals surface area contributed by atoms with Gasteiger partial charge in [-0.1, -0.05) is 12.1 Å². The number of hydrogen-bond acceptors (Lipinski definition) is 5. The molecule has 0 spiro atoms. The molecule has 0 saturated carbocycles. The third kappa shape index (κ3) is 3.30. The normalized spacial score (nSPS) is 9.47. The molecule has 0 atom stereocenters. The second-order valence-corrected chi connectivity index (χ2v) is 3.00. The van der Waals surface area contributed by atoms with Crippen LogP contribution in [0.1, 0.15) is 20.7 Å². The lowest BCUT2D eigenvalue weighted by molar-refractivity contribution is -0.144. The van der Waals surface area contributed by atoms with Gasteiger partial charge in [-0.2, -0.15) is 0 Å². The summed E-state index contributed by atoms with van der Waals surface area (Å²) >= 11 is 0. The van der Waals surface area contributed by atoms with Gasteiger partial charge >= 0.3 is 17.9 Å². The van der Waals surface area contributed by atoms with E-state index in [4.69, 9.17) is 5.11 Å². The Morgan fingerprint density at radius 1 is 1.18 bits per heavy atom. The first-order chi connectivity index (χ1) is 8.06. The summed E-state index contributed by atoms with van der Waals surface area (Å²) in [6.45, 7) is -0.552. The van der Waals surface area contributed by atoms with Crippen LogP contribution in [0.4, 0.5) is 0 Å². The molecule has 0 fully saturated rings. The lowest BCUT2D eigenvalue weighted by atomic mass is 10.1. The zero-order valence-electron chi connectivity index (χ0n) is 9.00. The summed E-state index contributed by atoms with van der Waals surface area (Å²) in [5.74, 6) is -2.84. The topological polar surface area (TPSA) is 89.9 Å². The lowest BCUT2D eigenvalue weighted by Crippen LogP contribution is -2.17. The molecule has 0 heterocycles. The van der Waals surface area contributed by atoms with E-state index in [2.05, 4.69) is 9.47 Å². The Morgan fingerprint density at radius 2 is 1.76 bits per heavy atom. The van der Waals surface area contributed by atoms with Crippen molar-refractivity contribution >= 4 is 17.9 Å². The summed E-state index contributed by atoms with van der Waals surface area (Å²) in [4.78, 5) is 33.1. The predicted molar refractivity (Wildman–Crippen MR) is 55.7 cm³/mol. The number of methoxy groups -OCH3 is 1. The Balaban J connectivity index is 2.82. The number of esters is 2. The van der Waals surface area contributed by atoms with Crippen LogP contribution in [-0.4, -0.2) is 36.7 Å². The maximum atomic E-state index is 11.5. The number of carbonyl (C=O) groups is 3. The molecule has 0 aromatic heterocycles. The molecule has 1 N–H and O–H groups in total. The summed E-state index contributed by atoms with van der Waals surface area (Å²) < 4.78 is 8.88. The zero-order valence-corrected chi connectivity index (χ0v) is 9.00. The first-order valence-corrected chi connectivity index (χ1v) is 4.62. The highest BCUT2D eigenvalue weighted by molar-refractivity contribution is 6.02. The quantitative estimate of drug-likeness (QED) is 0.777. The summed E-state index contributed by atoms with van der Waals surface area (Å²) in [6, 6.07) is 5.57. The summed E-state index contributed by atoms with van der Waals surface area (Å²) in [7, 11) is 1.15. The van der Waals surface area contributed by atoms with Gasteiger partial charge in [-0.3, -0.25) is 0 Å². The number of carboxylic acid groups (broad SMARTS) is 1. The number of aromatic carboxylic acids is 1. The second-order valence-electron chi connectivity index (χ2n) is 3.00. The van der Waals surface area contributed by atoms with Crippen molar-refractivity contribution in [2.75, 3.05) is 13.7 Å². The minimum atomic E-state index is -1.24. The Bertz CT molecular complexity index is 451. The van der Waals surface area contributed by atoms with Crippen molar-refractivity contribution in [3.8, 4) is 0 Å². The van der Waals surface area contributed by atoms with Crippen molar-refractivity contribution in [2.45, 2.75) is 0 Å². The molecule has 0 aliphatic heterocycles. The van der Waals surface area contributed by atoms with Crippen molar-refractivity contribution in [3.63, 3.8) is 0 Å². The van der Waals surface area contributed by atoms with Gasteiger partial charge in [-0.15, -0.1) is 0 Å². The third-order valence-corrected chi connectivity index (χ3v) is 1.93. The van der Waals surface area contributed by atoms with Crippen LogP contribution in [0.5, 0.6) is 0 Å². The van der Waals surface area contributed by atoms with Crippen molar-refractivity contribution in [1.82, 2.24) is 0 Å². The highest BCUT2D eigenvalue weighted by Gasteiger charge is 2.17. The van der Waals surface area contributed by atoms with E-state index in [0.29, 0.717) is 0 Å². The molecule has 17 heavy (non-hydrogen) atoms. The van der Waals surface area contributed by atoms with Crippen molar-refractivity contribution in [2.24, 2.45) is 0 Å². The van der Waals surface area contributed by atoms with Gasteiger partial charge in [0.1, 0.15) is 0 Å². The molecule has 6 nitrogen and oxygen atoms in total. The van der Waals surface area contributed by atoms with Crippen LogP contribution in [0.25, 0.3) is 0 Å². The number of rotatable bonds is 4. The molecule has 0 aliphatic rings. The zero-order chi connectivity index (χ0) is 12.8. The molecule has 0 saturated heterocycles. The van der Waals surface area contributed by atoms with Crippen LogP contribution in [-0.2, 0) is 14.3 Å². The first kappa shape index (κ1) is 12.7. The average Bonchev–Trinajstić information content (AvgIpc) is 2.35. The second kappa shape index (κ2) is 5.64. The molecule has 1 aromatic carbocycles. The van der Waals surface area contributed by atoms with E-state index < -0.39 is 24.5 Å². The van der Waals surface area contributed by atoms with Crippen LogP contribution in [0.15, 0.2) is 24.3 Å². The van der Waals surface area contributed by atoms with Crippen molar-refractivity contribution in [1.29, 1.82) is 0 Å². The van der Waals surface area contributed by atoms with E-state index >= 15 is 0 Å². The predicted octanol–water partition coefficient (Wildman–Crippen LogP) is 0.715. The maximum absolute atomic E-state index is 11.5. The fourth-order valence-corrected chi connectivity index (χ4v) is 1.11. The van der Waals surface area contributed by atoms with Crippen LogP contribution in [0.3, 0.4) is 0 Å². The number of ether oxygens (including phenoxy) is 2. The van der Waals surface area contributed by atoms with E-state index in [1.54, 1.807) is 0 Å². The Hall–Kier alpha value is -2.37. The van der Waals surface area contributed by atoms with Crippen LogP contribution in [0, 0.1) is 0 Å². The molecular weight excluding hydrogens is 228 g/mol. The van der Waals surface area contributed by atoms with E-state index in [-0.39, 0.29) is 11.1 Å². The van der Waals surface area contributed by atoms with Crippen LogP contribution < -0.4 is 0 Å². The van der Waals surface area contributed by atoms with E-state index in [0.717, 1.165) is 7.11 Å². The maximum Gasteiger partial charge on any atom is 0.344 e. The largest absolute Gasteiger partial charge is 0.478 e. The molecular formula is C11H10O6. The van der Waals surface area contributed by atoms with E-state index in [9.17, 15) is 14.4 Å². The Labute approximate surface area is 96.8 Å². The Kier molecular flexibility index (Phi) is 4.21. The monoisotopic (exact) mass is 238 g/mol. The summed E-state index contributed by atoms with van der Waals surface area (Å²) in [6.07, 6.45) is 0. The highest BCUT2D eigenvalue weighted by Crippen LogP contribution is 2.10. The number of benzene rings is 1. The third-order valence-electron chi connectivity index (χ3n) is 1.93. The van der Waals surface area contributed by atoms with Crippen molar-refractivity contribution < 1.29 is 29.0 Å². The van der Waals surface area contributed by atoms with E-state index in [1.807, 2.05) is 0 Å². The molecule has 90 valence electrons. The van der Waals surface area contributed by atoms with Crippen LogP contribution in [0.2, 0.25) is 0 Å². The number of carboxylic acids is 1. The molecule has 1 rings (SSSR count). The highest BCUT2D eigenvalue weighted by atomic mass is 16.6. The molecule has 0 aliphatic carbocycles. The van der Waals surface area contributed by atoms with Gasteiger partial charge in [0.15, 0.2) is 6.61 Å².